The highest BCUT2D eigenvalue weighted by molar-refractivity contribution is 7.67. The third kappa shape index (κ3) is 2.23. The molecule has 0 N–H and O–H groups in total. The van der Waals surface area contributed by atoms with Crippen LogP contribution >= 0.6 is 7.92 Å². The Hall–Kier alpha value is -0.815. The molecule has 1 aromatic carbocycles. The molecule has 1 aliphatic rings. The van der Waals surface area contributed by atoms with Crippen molar-refractivity contribution in [2.24, 2.45) is 0 Å². The molecule has 1 aromatic rings. The number of hydrogen-bond acceptors (Lipinski definition) is 2. The molecule has 2 atom stereocenters. The maximum Gasteiger partial charge on any atom is 0.378 e. The Morgan fingerprint density at radius 1 is 1.40 bits per heavy atom. The van der Waals surface area contributed by atoms with E-state index < -0.39 is 7.92 Å². The summed E-state index contributed by atoms with van der Waals surface area (Å²) >= 11 is 0. The molecule has 0 aliphatic carbocycles. The molecule has 2 radical (unpaired) electrons. The number of carbonyl (C=O) groups excluding carboxylic acids is 1. The molecule has 1 fully saturated rings. The first kappa shape index (κ1) is 10.7. The highest BCUT2D eigenvalue weighted by Crippen LogP contribution is 2.49. The first-order valence-corrected chi connectivity index (χ1v) is 6.65. The summed E-state index contributed by atoms with van der Waals surface area (Å²) in [5, 5.41) is 1.28. The second kappa shape index (κ2) is 4.80. The fourth-order valence-electron chi connectivity index (χ4n) is 2.02. The maximum absolute atomic E-state index is 11.5. The SMILES string of the molecule is [B]OC(=O)C1CCCP1c1ccccc1. The molecule has 15 heavy (non-hydrogen) atoms. The molecule has 2 unspecified atom stereocenters. The van der Waals surface area contributed by atoms with Crippen molar-refractivity contribution < 1.29 is 9.45 Å². The van der Waals surface area contributed by atoms with Crippen LogP contribution in [0.2, 0.25) is 0 Å². The second-order valence-electron chi connectivity index (χ2n) is 3.62. The van der Waals surface area contributed by atoms with Gasteiger partial charge in [0.2, 0.25) is 0 Å². The molecule has 2 rings (SSSR count). The lowest BCUT2D eigenvalue weighted by atomic mass is 10.2. The number of benzene rings is 1. The summed E-state index contributed by atoms with van der Waals surface area (Å²) in [6, 6.07) is 10.2. The van der Waals surface area contributed by atoms with Gasteiger partial charge in [-0.1, -0.05) is 38.3 Å². The fourth-order valence-corrected chi connectivity index (χ4v) is 4.84. The van der Waals surface area contributed by atoms with Crippen molar-refractivity contribution in [2.45, 2.75) is 18.5 Å². The first-order chi connectivity index (χ1) is 7.33. The van der Waals surface area contributed by atoms with Crippen LogP contribution in [0.15, 0.2) is 30.3 Å². The zero-order chi connectivity index (χ0) is 10.7. The van der Waals surface area contributed by atoms with Gasteiger partial charge in [0, 0.05) is 0 Å². The lowest BCUT2D eigenvalue weighted by molar-refractivity contribution is -0.133. The molecule has 0 saturated carbocycles. The van der Waals surface area contributed by atoms with Crippen LogP contribution < -0.4 is 5.30 Å². The maximum atomic E-state index is 11.5. The van der Waals surface area contributed by atoms with Gasteiger partial charge in [0.15, 0.2) is 0 Å². The molecular weight excluding hydrogens is 206 g/mol. The van der Waals surface area contributed by atoms with E-state index in [1.54, 1.807) is 0 Å². The number of rotatable bonds is 2. The predicted molar refractivity (Wildman–Crippen MR) is 62.7 cm³/mol. The zero-order valence-electron chi connectivity index (χ0n) is 8.43. The smallest absolute Gasteiger partial charge is 0.378 e. The van der Waals surface area contributed by atoms with Gasteiger partial charge >= 0.3 is 8.05 Å². The van der Waals surface area contributed by atoms with Crippen molar-refractivity contribution in [1.29, 1.82) is 0 Å². The standard InChI is InChI=1S/C11H12BO2P/c12-14-11(13)10-7-4-8-15(10)9-5-2-1-3-6-9/h1-3,5-6,10H,4,7-8H2. The fraction of sp³-hybridized carbons (Fsp3) is 0.364. The van der Waals surface area contributed by atoms with E-state index >= 15 is 0 Å². The van der Waals surface area contributed by atoms with Gasteiger partial charge in [-0.15, -0.1) is 0 Å². The largest absolute Gasteiger partial charge is 0.543 e. The van der Waals surface area contributed by atoms with E-state index in [-0.39, 0.29) is 11.6 Å². The summed E-state index contributed by atoms with van der Waals surface area (Å²) in [5.41, 5.74) is 0.00685. The van der Waals surface area contributed by atoms with Crippen molar-refractivity contribution in [1.82, 2.24) is 0 Å². The van der Waals surface area contributed by atoms with Gasteiger partial charge in [0.25, 0.3) is 5.97 Å². The molecule has 2 nitrogen and oxygen atoms in total. The van der Waals surface area contributed by atoms with E-state index in [1.165, 1.54) is 5.30 Å². The minimum atomic E-state index is -0.403. The Labute approximate surface area is 92.2 Å². The summed E-state index contributed by atoms with van der Waals surface area (Å²) in [4.78, 5) is 11.5. The second-order valence-corrected chi connectivity index (χ2v) is 6.15. The Bertz CT molecular complexity index is 342. The van der Waals surface area contributed by atoms with Crippen LogP contribution in [-0.2, 0) is 9.45 Å². The van der Waals surface area contributed by atoms with Crippen LogP contribution in [0.4, 0.5) is 0 Å². The van der Waals surface area contributed by atoms with E-state index in [0.717, 1.165) is 19.0 Å². The van der Waals surface area contributed by atoms with Crippen molar-refractivity contribution >= 4 is 27.2 Å². The van der Waals surface area contributed by atoms with Gasteiger partial charge in [-0.25, -0.2) is 0 Å². The topological polar surface area (TPSA) is 26.3 Å². The van der Waals surface area contributed by atoms with Gasteiger partial charge in [0.1, 0.15) is 0 Å². The lowest BCUT2D eigenvalue weighted by Gasteiger charge is -2.18. The summed E-state index contributed by atoms with van der Waals surface area (Å²) < 4.78 is 4.36. The molecule has 0 amide bonds. The summed E-state index contributed by atoms with van der Waals surface area (Å²) in [6.07, 6.45) is 3.12. The Balaban J connectivity index is 2.18. The van der Waals surface area contributed by atoms with E-state index in [2.05, 4.69) is 16.8 Å². The monoisotopic (exact) mass is 218 g/mol. The van der Waals surface area contributed by atoms with Crippen LogP contribution in [0.25, 0.3) is 0 Å². The van der Waals surface area contributed by atoms with Crippen molar-refractivity contribution in [3.8, 4) is 0 Å². The first-order valence-electron chi connectivity index (χ1n) is 5.05. The van der Waals surface area contributed by atoms with E-state index in [0.29, 0.717) is 0 Å². The normalized spacial score (nSPS) is 25.1. The van der Waals surface area contributed by atoms with Gasteiger partial charge < -0.3 is 4.65 Å². The lowest BCUT2D eigenvalue weighted by Crippen LogP contribution is -2.21. The molecule has 1 heterocycles. The van der Waals surface area contributed by atoms with Crippen LogP contribution in [0.5, 0.6) is 0 Å². The number of hydrogen-bond donors (Lipinski definition) is 0. The minimum Gasteiger partial charge on any atom is -0.543 e. The molecule has 0 aromatic heterocycles. The number of carbonyl (C=O) groups is 1. The molecule has 1 saturated heterocycles. The van der Waals surface area contributed by atoms with Gasteiger partial charge in [0.05, 0.1) is 5.66 Å². The Kier molecular flexibility index (Phi) is 3.43. The average Bonchev–Trinajstić information content (AvgIpc) is 2.78. The highest BCUT2D eigenvalue weighted by Gasteiger charge is 2.33. The summed E-state index contributed by atoms with van der Waals surface area (Å²) in [5.74, 6) is -0.248. The van der Waals surface area contributed by atoms with Crippen molar-refractivity contribution in [3.05, 3.63) is 30.3 Å². The van der Waals surface area contributed by atoms with Gasteiger partial charge in [-0.3, -0.25) is 4.79 Å². The van der Waals surface area contributed by atoms with Crippen LogP contribution in [0, 0.1) is 0 Å². The zero-order valence-corrected chi connectivity index (χ0v) is 9.32. The van der Waals surface area contributed by atoms with Crippen LogP contribution in [0.3, 0.4) is 0 Å². The third-order valence-electron chi connectivity index (χ3n) is 2.73. The van der Waals surface area contributed by atoms with Crippen molar-refractivity contribution in [3.63, 3.8) is 0 Å². The molecule has 0 bridgehead atoms. The Morgan fingerprint density at radius 2 is 2.13 bits per heavy atom. The van der Waals surface area contributed by atoms with Crippen molar-refractivity contribution in [2.75, 3.05) is 6.16 Å². The van der Waals surface area contributed by atoms with Gasteiger partial charge in [-0.2, -0.15) is 0 Å². The Morgan fingerprint density at radius 3 is 2.80 bits per heavy atom. The molecule has 0 spiro atoms. The predicted octanol–water partition coefficient (Wildman–Crippen LogP) is 1.58. The van der Waals surface area contributed by atoms with Crippen LogP contribution in [-0.4, -0.2) is 25.8 Å². The molecular formula is C11H12BO2P. The van der Waals surface area contributed by atoms with Crippen LogP contribution in [0.1, 0.15) is 12.8 Å². The summed E-state index contributed by atoms with van der Waals surface area (Å²) in [7, 11) is 4.55. The average molecular weight is 218 g/mol. The van der Waals surface area contributed by atoms with E-state index in [9.17, 15) is 4.79 Å². The van der Waals surface area contributed by atoms with Gasteiger partial charge in [-0.05, 0) is 24.3 Å². The quantitative estimate of drug-likeness (QED) is 0.556. The molecule has 4 heteroatoms. The minimum absolute atomic E-state index is 0.00685. The van der Waals surface area contributed by atoms with E-state index in [1.807, 2.05) is 18.2 Å². The third-order valence-corrected chi connectivity index (χ3v) is 5.71. The highest BCUT2D eigenvalue weighted by atomic mass is 31.1. The molecule has 76 valence electrons. The summed E-state index contributed by atoms with van der Waals surface area (Å²) in [6.45, 7) is 0. The van der Waals surface area contributed by atoms with E-state index in [4.69, 9.17) is 8.05 Å². The molecule has 1 aliphatic heterocycles.